The topological polar surface area (TPSA) is 46.5 Å². The lowest BCUT2D eigenvalue weighted by atomic mass is 10.4. The van der Waals surface area contributed by atoms with E-state index in [0.717, 1.165) is 6.42 Å². The molecule has 0 spiro atoms. The van der Waals surface area contributed by atoms with Gasteiger partial charge in [-0.1, -0.05) is 33.6 Å². The van der Waals surface area contributed by atoms with Gasteiger partial charge in [0, 0.05) is 4.57 Å². The van der Waals surface area contributed by atoms with E-state index in [4.69, 9.17) is 4.89 Å². The SMILES string of the molecule is CC/C=C/O[P+](=O)O.CCCC. The molecule has 0 aliphatic heterocycles. The predicted octanol–water partition coefficient (Wildman–Crippen LogP) is 3.38. The molecule has 1 unspecified atom stereocenters. The van der Waals surface area contributed by atoms with Crippen molar-refractivity contribution in [2.75, 3.05) is 0 Å². The van der Waals surface area contributed by atoms with Crippen molar-refractivity contribution in [3.8, 4) is 0 Å². The molecule has 0 bridgehead atoms. The van der Waals surface area contributed by atoms with Crippen LogP contribution in [0.15, 0.2) is 12.3 Å². The van der Waals surface area contributed by atoms with Crippen molar-refractivity contribution in [3.05, 3.63) is 12.3 Å². The minimum absolute atomic E-state index is 0.809. The highest BCUT2D eigenvalue weighted by Crippen LogP contribution is 2.13. The molecular formula is C8H18O3P+. The molecular weight excluding hydrogens is 175 g/mol. The quantitative estimate of drug-likeness (QED) is 0.550. The van der Waals surface area contributed by atoms with Crippen LogP contribution in [0, 0.1) is 0 Å². The van der Waals surface area contributed by atoms with Crippen molar-refractivity contribution >= 4 is 8.25 Å². The molecule has 4 heteroatoms. The molecule has 0 aliphatic rings. The van der Waals surface area contributed by atoms with E-state index in [2.05, 4.69) is 18.4 Å². The highest BCUT2D eigenvalue weighted by molar-refractivity contribution is 7.32. The van der Waals surface area contributed by atoms with E-state index < -0.39 is 8.25 Å². The maximum atomic E-state index is 9.75. The first kappa shape index (κ1) is 14.1. The second-order valence-corrected chi connectivity index (χ2v) is 2.81. The van der Waals surface area contributed by atoms with E-state index in [-0.39, 0.29) is 0 Å². The van der Waals surface area contributed by atoms with Gasteiger partial charge in [-0.2, -0.15) is 0 Å². The largest absolute Gasteiger partial charge is 0.746 e. The fourth-order valence-electron chi connectivity index (χ4n) is 0.191. The minimum Gasteiger partial charge on any atom is -0.238 e. The van der Waals surface area contributed by atoms with Crippen LogP contribution in [0.4, 0.5) is 0 Å². The Bertz CT molecular complexity index is 121. The van der Waals surface area contributed by atoms with Crippen LogP contribution in [0.25, 0.3) is 0 Å². The fraction of sp³-hybridized carbons (Fsp3) is 0.750. The number of hydrogen-bond acceptors (Lipinski definition) is 2. The lowest BCUT2D eigenvalue weighted by Crippen LogP contribution is -1.61. The molecule has 0 aromatic carbocycles. The highest BCUT2D eigenvalue weighted by atomic mass is 31.1. The molecule has 0 saturated heterocycles. The van der Waals surface area contributed by atoms with Gasteiger partial charge in [-0.15, -0.1) is 4.89 Å². The zero-order valence-corrected chi connectivity index (χ0v) is 8.88. The Hall–Kier alpha value is -0.400. The van der Waals surface area contributed by atoms with Gasteiger partial charge in [0.1, 0.15) is 6.26 Å². The van der Waals surface area contributed by atoms with Crippen molar-refractivity contribution in [3.63, 3.8) is 0 Å². The van der Waals surface area contributed by atoms with Gasteiger partial charge in [-0.3, -0.25) is 0 Å². The molecule has 0 rings (SSSR count). The van der Waals surface area contributed by atoms with Gasteiger partial charge in [0.2, 0.25) is 0 Å². The second-order valence-electron chi connectivity index (χ2n) is 2.12. The maximum absolute atomic E-state index is 9.75. The molecule has 0 aliphatic carbocycles. The third kappa shape index (κ3) is 22.6. The van der Waals surface area contributed by atoms with Gasteiger partial charge < -0.3 is 0 Å². The molecule has 0 aromatic heterocycles. The molecule has 12 heavy (non-hydrogen) atoms. The Morgan fingerprint density at radius 3 is 2.08 bits per heavy atom. The zero-order chi connectivity index (χ0) is 9.82. The standard InChI is InChI=1S/C4H7O3P.C4H10/c1-2-3-4-7-8(5)6;1-3-4-2/h3-4H,2H2,1H3;3-4H2,1-2H3/p+1/b4-3+;. The van der Waals surface area contributed by atoms with E-state index in [1.807, 2.05) is 6.92 Å². The molecule has 3 nitrogen and oxygen atoms in total. The minimum atomic E-state index is -2.45. The number of hydrogen-bond donors (Lipinski definition) is 1. The summed E-state index contributed by atoms with van der Waals surface area (Å²) < 4.78 is 13.9. The second kappa shape index (κ2) is 13.2. The highest BCUT2D eigenvalue weighted by Gasteiger charge is 2.06. The molecule has 0 saturated carbocycles. The summed E-state index contributed by atoms with van der Waals surface area (Å²) in [6.45, 7) is 6.27. The summed E-state index contributed by atoms with van der Waals surface area (Å²) in [6.07, 6.45) is 6.32. The van der Waals surface area contributed by atoms with Crippen LogP contribution in [0.5, 0.6) is 0 Å². The van der Waals surface area contributed by atoms with E-state index >= 15 is 0 Å². The average molecular weight is 193 g/mol. The maximum Gasteiger partial charge on any atom is 0.746 e. The van der Waals surface area contributed by atoms with Crippen molar-refractivity contribution in [2.45, 2.75) is 40.0 Å². The van der Waals surface area contributed by atoms with Crippen molar-refractivity contribution < 1.29 is 14.0 Å². The molecule has 0 fully saturated rings. The zero-order valence-electron chi connectivity index (χ0n) is 7.99. The van der Waals surface area contributed by atoms with Gasteiger partial charge >= 0.3 is 8.25 Å². The first-order valence-corrected chi connectivity index (χ1v) is 5.29. The Kier molecular flexibility index (Phi) is 15.6. The summed E-state index contributed by atoms with van der Waals surface area (Å²) in [7, 11) is -2.45. The van der Waals surface area contributed by atoms with E-state index in [1.165, 1.54) is 19.1 Å². The van der Waals surface area contributed by atoms with Crippen LogP contribution in [-0.2, 0) is 9.09 Å². The Balaban J connectivity index is 0. The van der Waals surface area contributed by atoms with Crippen LogP contribution in [0.1, 0.15) is 40.0 Å². The van der Waals surface area contributed by atoms with Crippen LogP contribution in [-0.4, -0.2) is 4.89 Å². The summed E-state index contributed by atoms with van der Waals surface area (Å²) >= 11 is 0. The van der Waals surface area contributed by atoms with Gasteiger partial charge in [-0.05, 0) is 12.5 Å². The normalized spacial score (nSPS) is 10.5. The molecule has 72 valence electrons. The van der Waals surface area contributed by atoms with Gasteiger partial charge in [0.25, 0.3) is 0 Å². The predicted molar refractivity (Wildman–Crippen MR) is 50.9 cm³/mol. The molecule has 0 amide bonds. The summed E-state index contributed by atoms with van der Waals surface area (Å²) in [4.78, 5) is 8.01. The van der Waals surface area contributed by atoms with Crippen LogP contribution < -0.4 is 0 Å². The molecule has 1 atom stereocenters. The summed E-state index contributed by atoms with van der Waals surface area (Å²) in [5.41, 5.74) is 0. The third-order valence-corrected chi connectivity index (χ3v) is 1.29. The van der Waals surface area contributed by atoms with Gasteiger partial charge in [0.15, 0.2) is 0 Å². The summed E-state index contributed by atoms with van der Waals surface area (Å²) in [5, 5.41) is 0. The van der Waals surface area contributed by atoms with Crippen molar-refractivity contribution in [1.29, 1.82) is 0 Å². The monoisotopic (exact) mass is 193 g/mol. The summed E-state index contributed by atoms with van der Waals surface area (Å²) in [6, 6.07) is 0. The van der Waals surface area contributed by atoms with Crippen molar-refractivity contribution in [1.82, 2.24) is 0 Å². The van der Waals surface area contributed by atoms with Gasteiger partial charge in [0.05, 0.1) is 0 Å². The smallest absolute Gasteiger partial charge is 0.238 e. The Labute approximate surface area is 75.4 Å². The first-order valence-electron chi connectivity index (χ1n) is 4.16. The molecule has 0 aromatic rings. The van der Waals surface area contributed by atoms with Gasteiger partial charge in [-0.25, -0.2) is 4.52 Å². The Morgan fingerprint density at radius 1 is 1.33 bits per heavy atom. The lowest BCUT2D eigenvalue weighted by molar-refractivity contribution is 0.377. The number of allylic oxidation sites excluding steroid dienone is 1. The first-order chi connectivity index (χ1) is 5.68. The number of unbranched alkanes of at least 4 members (excludes halogenated alkanes) is 1. The van der Waals surface area contributed by atoms with Crippen LogP contribution in [0.2, 0.25) is 0 Å². The van der Waals surface area contributed by atoms with E-state index in [1.54, 1.807) is 6.08 Å². The molecule has 1 N–H and O–H groups in total. The van der Waals surface area contributed by atoms with E-state index in [0.29, 0.717) is 0 Å². The fourth-order valence-corrected chi connectivity index (χ4v) is 0.382. The lowest BCUT2D eigenvalue weighted by Gasteiger charge is -1.72. The van der Waals surface area contributed by atoms with Crippen molar-refractivity contribution in [2.24, 2.45) is 0 Å². The number of rotatable bonds is 4. The molecule has 0 radical (unpaired) electrons. The summed E-state index contributed by atoms with van der Waals surface area (Å²) in [5.74, 6) is 0. The average Bonchev–Trinajstić information content (AvgIpc) is 2.05. The van der Waals surface area contributed by atoms with Crippen LogP contribution in [0.3, 0.4) is 0 Å². The Morgan fingerprint density at radius 2 is 1.83 bits per heavy atom. The molecule has 0 heterocycles. The van der Waals surface area contributed by atoms with E-state index in [9.17, 15) is 4.57 Å². The third-order valence-electron chi connectivity index (χ3n) is 0.983. The van der Waals surface area contributed by atoms with Crippen LogP contribution >= 0.6 is 8.25 Å².